The number of rotatable bonds is 10. The van der Waals surface area contributed by atoms with Crippen LogP contribution in [0.5, 0.6) is 5.75 Å². The van der Waals surface area contributed by atoms with Crippen molar-refractivity contribution in [2.45, 2.75) is 45.1 Å². The van der Waals surface area contributed by atoms with Crippen LogP contribution in [0.3, 0.4) is 0 Å². The van der Waals surface area contributed by atoms with Gasteiger partial charge in [0.25, 0.3) is 5.69 Å². The van der Waals surface area contributed by atoms with Crippen molar-refractivity contribution in [3.8, 4) is 5.75 Å². The molecule has 1 saturated carbocycles. The molecule has 0 unspecified atom stereocenters. The maximum absolute atomic E-state index is 13.2. The molecule has 1 aromatic carbocycles. The molecule has 13 nitrogen and oxygen atoms in total. The second-order valence-corrected chi connectivity index (χ2v) is 10.4. The molecule has 5 rings (SSSR count). The van der Waals surface area contributed by atoms with Crippen molar-refractivity contribution in [3.05, 3.63) is 57.5 Å². The molecule has 1 aliphatic heterocycles. The highest BCUT2D eigenvalue weighted by Crippen LogP contribution is 2.57. The smallest absolute Gasteiger partial charge is 0.343 e. The number of aliphatic hydroxyl groups excluding tert-OH is 1. The van der Waals surface area contributed by atoms with Gasteiger partial charge in [-0.15, -0.1) is 0 Å². The fourth-order valence-corrected chi connectivity index (χ4v) is 4.94. The number of hydrogen-bond donors (Lipinski definition) is 2. The number of fused-ring (bicyclic) bond motifs is 2. The number of pyridine rings is 1. The van der Waals surface area contributed by atoms with Crippen LogP contribution < -0.4 is 19.9 Å². The van der Waals surface area contributed by atoms with Crippen molar-refractivity contribution in [1.29, 1.82) is 0 Å². The lowest BCUT2D eigenvalue weighted by molar-refractivity contribution is -0.384. The van der Waals surface area contributed by atoms with E-state index < -0.39 is 30.2 Å². The molecule has 1 fully saturated rings. The van der Waals surface area contributed by atoms with Crippen LogP contribution in [0.25, 0.3) is 0 Å². The summed E-state index contributed by atoms with van der Waals surface area (Å²) in [6, 6.07) is 6.17. The van der Waals surface area contributed by atoms with Crippen molar-refractivity contribution in [3.63, 3.8) is 0 Å². The molecule has 3 aromatic rings. The van der Waals surface area contributed by atoms with Crippen molar-refractivity contribution in [2.75, 3.05) is 48.9 Å². The Hall–Kier alpha value is -4.52. The van der Waals surface area contributed by atoms with Gasteiger partial charge in [0.05, 0.1) is 41.8 Å². The Balaban J connectivity index is 1.60. The van der Waals surface area contributed by atoms with E-state index in [1.807, 2.05) is 24.0 Å². The standard InChI is InChI=1S/C28H33N7O6/c1-16(2)41-26(37)18-14-29-27(31-19-12-22(35(38)39)21(13-23(19)40-5)33(4)10-11-36)32-25(18)34-15-28(8-9-28)24-20(34)7-6-17(3)30-24/h6-7,12-14,16,36H,8-11,15H2,1-5H3,(H,29,31,32)/i4D3. The van der Waals surface area contributed by atoms with Gasteiger partial charge in [-0.1, -0.05) is 0 Å². The predicted molar refractivity (Wildman–Crippen MR) is 153 cm³/mol. The van der Waals surface area contributed by atoms with Crippen molar-refractivity contribution in [2.24, 2.45) is 0 Å². The molecule has 216 valence electrons. The highest BCUT2D eigenvalue weighted by molar-refractivity contribution is 5.96. The molecular weight excluding hydrogens is 530 g/mol. The zero-order valence-electron chi connectivity index (χ0n) is 26.2. The van der Waals surface area contributed by atoms with Gasteiger partial charge in [-0.3, -0.25) is 15.1 Å². The van der Waals surface area contributed by atoms with E-state index in [-0.39, 0.29) is 52.5 Å². The van der Waals surface area contributed by atoms with Crippen molar-refractivity contribution in [1.82, 2.24) is 15.0 Å². The Morgan fingerprint density at radius 3 is 2.76 bits per heavy atom. The van der Waals surface area contributed by atoms with Gasteiger partial charge in [-0.05, 0) is 45.7 Å². The number of carbonyl (C=O) groups excluding carboxylic acids is 1. The fourth-order valence-electron chi connectivity index (χ4n) is 4.94. The summed E-state index contributed by atoms with van der Waals surface area (Å²) < 4.78 is 34.4. The van der Waals surface area contributed by atoms with Crippen LogP contribution in [-0.2, 0) is 10.2 Å². The molecule has 0 saturated heterocycles. The molecule has 1 aliphatic carbocycles. The van der Waals surface area contributed by atoms with Gasteiger partial charge in [-0.25, -0.2) is 9.78 Å². The summed E-state index contributed by atoms with van der Waals surface area (Å²) in [5.41, 5.74) is 1.94. The van der Waals surface area contributed by atoms with Gasteiger partial charge in [0, 0.05) is 53.6 Å². The van der Waals surface area contributed by atoms with E-state index in [1.165, 1.54) is 19.4 Å². The highest BCUT2D eigenvalue weighted by Gasteiger charge is 2.54. The van der Waals surface area contributed by atoms with E-state index in [1.54, 1.807) is 13.8 Å². The number of nitrogens with one attached hydrogen (secondary N) is 1. The Morgan fingerprint density at radius 2 is 2.12 bits per heavy atom. The molecule has 13 heteroatoms. The number of nitrogens with zero attached hydrogens (tertiary/aromatic N) is 6. The first-order valence-electron chi connectivity index (χ1n) is 14.6. The molecule has 0 bridgehead atoms. The molecule has 0 amide bonds. The zero-order chi connectivity index (χ0) is 32.0. The number of esters is 1. The van der Waals surface area contributed by atoms with E-state index in [2.05, 4.69) is 15.3 Å². The first-order valence-corrected chi connectivity index (χ1v) is 13.1. The minimum Gasteiger partial charge on any atom is -0.494 e. The van der Waals surface area contributed by atoms with Crippen LogP contribution in [0.1, 0.15) is 52.5 Å². The number of carbonyl (C=O) groups is 1. The number of anilines is 5. The number of aromatic nitrogens is 3. The number of likely N-dealkylation sites (N-methyl/N-ethyl adjacent to an activating group) is 1. The van der Waals surface area contributed by atoms with E-state index in [0.717, 1.165) is 40.9 Å². The van der Waals surface area contributed by atoms with Crippen LogP contribution in [0.2, 0.25) is 0 Å². The SMILES string of the molecule is [2H]C([2H])([2H])N(CCO)c1cc(OC)c(Nc2ncc(C(=O)OC(C)C)c(N3CC4(CC4)c4nc(C)ccc43)n2)cc1[N+](=O)[O-]. The number of ether oxygens (including phenoxy) is 2. The number of methoxy groups -OCH3 is 1. The van der Waals surface area contributed by atoms with Gasteiger partial charge >= 0.3 is 5.97 Å². The normalized spacial score (nSPS) is 16.0. The largest absolute Gasteiger partial charge is 0.494 e. The molecule has 2 N–H and O–H groups in total. The average molecular weight is 567 g/mol. The molecule has 2 aliphatic rings. The summed E-state index contributed by atoms with van der Waals surface area (Å²) in [5, 5.41) is 24.5. The predicted octanol–water partition coefficient (Wildman–Crippen LogP) is 4.02. The van der Waals surface area contributed by atoms with Crippen LogP contribution in [0.4, 0.5) is 34.5 Å². The number of nitro groups is 1. The lowest BCUT2D eigenvalue weighted by atomic mass is 10.0. The number of aryl methyl sites for hydroxylation is 1. The molecule has 1 spiro atoms. The maximum Gasteiger partial charge on any atom is 0.343 e. The first-order chi connectivity index (χ1) is 20.8. The summed E-state index contributed by atoms with van der Waals surface area (Å²) >= 11 is 0. The van der Waals surface area contributed by atoms with Crippen molar-refractivity contribution >= 4 is 40.5 Å². The zero-order valence-corrected chi connectivity index (χ0v) is 23.2. The summed E-state index contributed by atoms with van der Waals surface area (Å²) in [6.07, 6.45) is 2.85. The van der Waals surface area contributed by atoms with E-state index in [9.17, 15) is 20.0 Å². The lowest BCUT2D eigenvalue weighted by Crippen LogP contribution is -2.24. The van der Waals surface area contributed by atoms with Gasteiger partial charge < -0.3 is 29.7 Å². The molecular formula is C28H33N7O6. The van der Waals surface area contributed by atoms with Gasteiger partial charge in [-0.2, -0.15) is 4.98 Å². The molecule has 2 aromatic heterocycles. The molecule has 0 atom stereocenters. The number of hydrogen-bond acceptors (Lipinski definition) is 12. The summed E-state index contributed by atoms with van der Waals surface area (Å²) in [4.78, 5) is 41.0. The van der Waals surface area contributed by atoms with E-state index in [4.69, 9.17) is 18.6 Å². The second-order valence-electron chi connectivity index (χ2n) is 10.4. The molecule has 3 heterocycles. The Kier molecular flexibility index (Phi) is 6.40. The third kappa shape index (κ3) is 5.32. The van der Waals surface area contributed by atoms with Crippen LogP contribution >= 0.6 is 0 Å². The summed E-state index contributed by atoms with van der Waals surface area (Å²) in [7, 11) is 1.32. The fraction of sp³-hybridized carbons (Fsp3) is 0.429. The lowest BCUT2D eigenvalue weighted by Gasteiger charge is -2.23. The highest BCUT2D eigenvalue weighted by atomic mass is 16.6. The Labute approximate surface area is 241 Å². The minimum atomic E-state index is -2.77. The Morgan fingerprint density at radius 1 is 1.34 bits per heavy atom. The molecule has 41 heavy (non-hydrogen) atoms. The topological polar surface area (TPSA) is 156 Å². The van der Waals surface area contributed by atoms with Gasteiger partial charge in [0.1, 0.15) is 17.0 Å². The quantitative estimate of drug-likeness (QED) is 0.207. The van der Waals surface area contributed by atoms with Crippen LogP contribution in [-0.4, -0.2) is 70.8 Å². The van der Waals surface area contributed by atoms with Crippen LogP contribution in [0.15, 0.2) is 30.5 Å². The number of aliphatic hydroxyl groups is 1. The number of nitro benzene ring substituents is 1. The van der Waals surface area contributed by atoms with E-state index >= 15 is 0 Å². The first kappa shape index (κ1) is 24.3. The summed E-state index contributed by atoms with van der Waals surface area (Å²) in [6.45, 7) is 2.26. The van der Waals surface area contributed by atoms with Gasteiger partial charge in [0.15, 0.2) is 5.82 Å². The third-order valence-electron chi connectivity index (χ3n) is 7.06. The average Bonchev–Trinajstić information content (AvgIpc) is 3.67. The monoisotopic (exact) mass is 566 g/mol. The van der Waals surface area contributed by atoms with Crippen LogP contribution in [0, 0.1) is 17.0 Å². The summed E-state index contributed by atoms with van der Waals surface area (Å²) in [5.74, 6) is -0.256. The second kappa shape index (κ2) is 10.8. The van der Waals surface area contributed by atoms with Gasteiger partial charge in [0.2, 0.25) is 5.95 Å². The Bertz CT molecular complexity index is 1610. The third-order valence-corrected chi connectivity index (χ3v) is 7.06. The maximum atomic E-state index is 13.2. The minimum absolute atomic E-state index is 0.00264. The van der Waals surface area contributed by atoms with Crippen molar-refractivity contribution < 1.29 is 28.4 Å². The molecule has 0 radical (unpaired) electrons. The number of benzene rings is 1. The van der Waals surface area contributed by atoms with E-state index in [0.29, 0.717) is 6.54 Å².